The highest BCUT2D eigenvalue weighted by Crippen LogP contribution is 2.41. The highest BCUT2D eigenvalue weighted by Gasteiger charge is 2.26. The van der Waals surface area contributed by atoms with Gasteiger partial charge in [-0.15, -0.1) is 5.46 Å². The standard InChI is InChI=1S/C60H47B7N2/c61-52-48(53(62)57(66)59-50(52)51-54(63)55(64)56(65)58(67)60(51)69(59)43-30-25-38(26-31-43)35-13-6-2-7-14-35)41-27-32-46-45(33-41)49-44(40-15-8-3-9-16-40)17-10-18-47(49)68(46)42-28-23-39(24-29-42)37-21-19-36(20-22-37)34-11-4-1-5-12-34/h1-33H,61-67H2. The van der Waals surface area contributed by atoms with Gasteiger partial charge in [0.2, 0.25) is 0 Å². The van der Waals surface area contributed by atoms with E-state index in [-0.39, 0.29) is 0 Å². The van der Waals surface area contributed by atoms with Gasteiger partial charge in [0.15, 0.2) is 0 Å². The van der Waals surface area contributed by atoms with Gasteiger partial charge >= 0.3 is 0 Å². The summed E-state index contributed by atoms with van der Waals surface area (Å²) >= 11 is 0. The maximum Gasteiger partial charge on any atom is 0.141 e. The Labute approximate surface area is 410 Å². The minimum absolute atomic E-state index is 1.14. The second-order valence-corrected chi connectivity index (χ2v) is 19.1. The Morgan fingerprint density at radius 1 is 0.261 bits per heavy atom. The van der Waals surface area contributed by atoms with E-state index in [0.29, 0.717) is 0 Å². The van der Waals surface area contributed by atoms with Crippen LogP contribution in [0, 0.1) is 0 Å². The van der Waals surface area contributed by atoms with Gasteiger partial charge in [-0.3, -0.25) is 0 Å². The zero-order chi connectivity index (χ0) is 47.1. The molecule has 12 rings (SSSR count). The normalized spacial score (nSPS) is 11.6. The molecule has 69 heavy (non-hydrogen) atoms. The van der Waals surface area contributed by atoms with Crippen LogP contribution in [0.4, 0.5) is 0 Å². The van der Waals surface area contributed by atoms with E-state index in [1.165, 1.54) is 143 Å². The first kappa shape index (κ1) is 42.6. The molecule has 0 aliphatic heterocycles. The van der Waals surface area contributed by atoms with Crippen molar-refractivity contribution in [2.45, 2.75) is 0 Å². The van der Waals surface area contributed by atoms with Gasteiger partial charge in [-0.2, -0.15) is 0 Å². The predicted octanol–water partition coefficient (Wildman–Crippen LogP) is 4.02. The molecule has 0 radical (unpaired) electrons. The van der Waals surface area contributed by atoms with E-state index in [4.69, 9.17) is 0 Å². The van der Waals surface area contributed by atoms with Crippen LogP contribution in [0.3, 0.4) is 0 Å². The van der Waals surface area contributed by atoms with E-state index in [1.807, 2.05) is 0 Å². The Bertz CT molecular complexity index is 3980. The van der Waals surface area contributed by atoms with Crippen LogP contribution in [-0.4, -0.2) is 64.1 Å². The van der Waals surface area contributed by atoms with Crippen LogP contribution < -0.4 is 38.2 Å². The molecule has 0 atom stereocenters. The first-order chi connectivity index (χ1) is 33.7. The molecule has 0 bridgehead atoms. The molecule has 0 fully saturated rings. The molecule has 0 aliphatic carbocycles. The predicted molar refractivity (Wildman–Crippen MR) is 320 cm³/mol. The SMILES string of the molecule is Bc1c(B)c(B)c2c(c1B)c1c(B)c(-c3ccc4c(c3)c3c(-c5ccccc5)cccc3n4-c3ccc(-c4ccc(-c5ccccc5)cc4)cc3)c(B)c(B)c1n2-c1ccc(-c2ccccc2)cc1. The van der Waals surface area contributed by atoms with Crippen LogP contribution in [0.5, 0.6) is 0 Å². The van der Waals surface area contributed by atoms with Crippen molar-refractivity contribution in [2.24, 2.45) is 0 Å². The molecule has 0 unspecified atom stereocenters. The van der Waals surface area contributed by atoms with Crippen molar-refractivity contribution in [2.75, 3.05) is 0 Å². The third-order valence-electron chi connectivity index (χ3n) is 15.5. The fourth-order valence-electron chi connectivity index (χ4n) is 11.5. The Kier molecular flexibility index (Phi) is 10.4. The zero-order valence-corrected chi connectivity index (χ0v) is 40.4. The molecular formula is C60H47B7N2. The lowest BCUT2D eigenvalue weighted by molar-refractivity contribution is 1.18. The molecule has 2 aromatic heterocycles. The number of benzene rings is 10. The second kappa shape index (κ2) is 16.8. The molecule has 0 aliphatic rings. The topological polar surface area (TPSA) is 9.86 Å². The Balaban J connectivity index is 1.06. The molecule has 0 spiro atoms. The summed E-state index contributed by atoms with van der Waals surface area (Å²) in [6.45, 7) is 0. The highest BCUT2D eigenvalue weighted by molar-refractivity contribution is 6.69. The van der Waals surface area contributed by atoms with E-state index in [9.17, 15) is 0 Å². The quantitative estimate of drug-likeness (QED) is 0.215. The minimum atomic E-state index is 1.14. The van der Waals surface area contributed by atoms with Crippen molar-refractivity contribution >= 4 is 137 Å². The van der Waals surface area contributed by atoms with Crippen molar-refractivity contribution in [3.8, 4) is 67.0 Å². The number of fused-ring (bicyclic) bond motifs is 6. The van der Waals surface area contributed by atoms with Gasteiger partial charge in [0, 0.05) is 38.6 Å². The fraction of sp³-hybridized carbons (Fsp3) is 0. The van der Waals surface area contributed by atoms with Crippen LogP contribution in [0.1, 0.15) is 0 Å². The van der Waals surface area contributed by atoms with Crippen molar-refractivity contribution in [3.05, 3.63) is 200 Å². The number of hydrogen-bond donors (Lipinski definition) is 0. The fourth-order valence-corrected chi connectivity index (χ4v) is 11.5. The molecule has 0 N–H and O–H groups in total. The molecule has 0 saturated carbocycles. The van der Waals surface area contributed by atoms with Crippen molar-refractivity contribution in [1.82, 2.24) is 9.13 Å². The van der Waals surface area contributed by atoms with Crippen LogP contribution in [0.25, 0.3) is 111 Å². The molecule has 12 aromatic rings. The molecular weight excluding hydrogens is 824 g/mol. The Morgan fingerprint density at radius 3 is 1.22 bits per heavy atom. The maximum absolute atomic E-state index is 2.57. The minimum Gasteiger partial charge on any atom is -0.310 e. The first-order valence-corrected chi connectivity index (χ1v) is 24.3. The summed E-state index contributed by atoms with van der Waals surface area (Å²) < 4.78 is 5.03. The second-order valence-electron chi connectivity index (χ2n) is 19.1. The lowest BCUT2D eigenvalue weighted by atomic mass is 9.64. The summed E-state index contributed by atoms with van der Waals surface area (Å²) in [6.07, 6.45) is 0. The van der Waals surface area contributed by atoms with Gasteiger partial charge in [-0.05, 0) is 103 Å². The summed E-state index contributed by atoms with van der Waals surface area (Å²) in [5.74, 6) is 0. The number of aromatic nitrogens is 2. The summed E-state index contributed by atoms with van der Waals surface area (Å²) in [5, 5.41) is 5.22. The summed E-state index contributed by atoms with van der Waals surface area (Å²) in [4.78, 5) is 0. The summed E-state index contributed by atoms with van der Waals surface area (Å²) in [6, 6.07) is 73.4. The van der Waals surface area contributed by atoms with Gasteiger partial charge in [0.05, 0.1) is 11.0 Å². The van der Waals surface area contributed by atoms with Crippen LogP contribution in [-0.2, 0) is 0 Å². The number of rotatable bonds is 7. The van der Waals surface area contributed by atoms with E-state index < -0.39 is 0 Å². The smallest absolute Gasteiger partial charge is 0.141 e. The Morgan fingerprint density at radius 2 is 0.681 bits per heavy atom. The van der Waals surface area contributed by atoms with Crippen molar-refractivity contribution < 1.29 is 0 Å². The third-order valence-corrected chi connectivity index (χ3v) is 15.5. The molecule has 2 heterocycles. The van der Waals surface area contributed by atoms with Gasteiger partial charge in [-0.1, -0.05) is 191 Å². The van der Waals surface area contributed by atoms with E-state index in [0.717, 1.165) is 5.69 Å². The third kappa shape index (κ3) is 6.81. The van der Waals surface area contributed by atoms with Crippen LogP contribution in [0.2, 0.25) is 0 Å². The monoisotopic (exact) mass is 872 g/mol. The van der Waals surface area contributed by atoms with Gasteiger partial charge in [0.1, 0.15) is 54.9 Å². The van der Waals surface area contributed by atoms with Crippen LogP contribution in [0.15, 0.2) is 200 Å². The zero-order valence-electron chi connectivity index (χ0n) is 40.4. The highest BCUT2D eigenvalue weighted by atomic mass is 15.0. The van der Waals surface area contributed by atoms with E-state index in [2.05, 4.69) is 264 Å². The van der Waals surface area contributed by atoms with Gasteiger partial charge in [0.25, 0.3) is 0 Å². The van der Waals surface area contributed by atoms with E-state index >= 15 is 0 Å². The lowest BCUT2D eigenvalue weighted by Crippen LogP contribution is -2.48. The molecule has 9 heteroatoms. The van der Waals surface area contributed by atoms with Gasteiger partial charge in [-0.25, -0.2) is 0 Å². The lowest BCUT2D eigenvalue weighted by Gasteiger charge is -2.19. The summed E-state index contributed by atoms with van der Waals surface area (Å²) in [5.41, 5.74) is 29.0. The average Bonchev–Trinajstić information content (AvgIpc) is 3.94. The molecule has 0 saturated heterocycles. The van der Waals surface area contributed by atoms with Gasteiger partial charge < -0.3 is 9.13 Å². The Hall–Kier alpha value is -7.75. The van der Waals surface area contributed by atoms with E-state index in [1.54, 1.807) is 0 Å². The largest absolute Gasteiger partial charge is 0.310 e. The van der Waals surface area contributed by atoms with Crippen molar-refractivity contribution in [1.29, 1.82) is 0 Å². The molecule has 0 amide bonds. The summed E-state index contributed by atoms with van der Waals surface area (Å²) in [7, 11) is 16.3. The van der Waals surface area contributed by atoms with Crippen molar-refractivity contribution in [3.63, 3.8) is 0 Å². The first-order valence-electron chi connectivity index (χ1n) is 24.3. The number of hydrogen-bond acceptors (Lipinski definition) is 0. The number of nitrogens with zero attached hydrogens (tertiary/aromatic N) is 2. The molecule has 318 valence electrons. The maximum atomic E-state index is 2.57. The molecule has 10 aromatic carbocycles. The average molecular weight is 872 g/mol. The molecule has 2 nitrogen and oxygen atoms in total. The van der Waals surface area contributed by atoms with Crippen LogP contribution >= 0.6 is 0 Å².